The second-order valence-electron chi connectivity index (χ2n) is 7.75. The Labute approximate surface area is 208 Å². The number of nitrogens with zero attached hydrogens (tertiary/aromatic N) is 4. The third-order valence-corrected chi connectivity index (χ3v) is 6.10. The number of halogens is 2. The number of carbonyl (C=O) groups excluding carboxylic acids is 2. The van der Waals surface area contributed by atoms with Crippen LogP contribution in [0.15, 0.2) is 67.0 Å². The van der Waals surface area contributed by atoms with E-state index in [1.807, 2.05) is 17.0 Å². The molecule has 0 saturated carbocycles. The van der Waals surface area contributed by atoms with Crippen molar-refractivity contribution in [3.63, 3.8) is 0 Å². The first kappa shape index (κ1) is 23.7. The lowest BCUT2D eigenvalue weighted by Gasteiger charge is -2.34. The Bertz CT molecular complexity index is 1160. The van der Waals surface area contributed by atoms with Gasteiger partial charge >= 0.3 is 0 Å². The molecule has 2 amide bonds. The number of rotatable bonds is 6. The molecule has 0 atom stereocenters. The lowest BCUT2D eigenvalue weighted by Crippen LogP contribution is -2.49. The lowest BCUT2D eigenvalue weighted by atomic mass is 10.1. The maximum atomic E-state index is 12.7. The second kappa shape index (κ2) is 11.1. The quantitative estimate of drug-likeness (QED) is 0.515. The third-order valence-electron chi connectivity index (χ3n) is 5.45. The van der Waals surface area contributed by atoms with Crippen molar-refractivity contribution < 1.29 is 9.59 Å². The first-order valence-electron chi connectivity index (χ1n) is 10.8. The smallest absolute Gasteiger partial charge is 0.248 e. The van der Waals surface area contributed by atoms with Crippen LogP contribution in [0.2, 0.25) is 10.0 Å². The van der Waals surface area contributed by atoms with Crippen LogP contribution < -0.4 is 10.2 Å². The molecule has 174 valence electrons. The van der Waals surface area contributed by atoms with Crippen LogP contribution in [-0.4, -0.2) is 52.9 Å². The Morgan fingerprint density at radius 1 is 0.912 bits per heavy atom. The Morgan fingerprint density at radius 3 is 2.21 bits per heavy atom. The van der Waals surface area contributed by atoms with Gasteiger partial charge in [-0.15, -0.1) is 0 Å². The van der Waals surface area contributed by atoms with E-state index in [0.29, 0.717) is 59.8 Å². The summed E-state index contributed by atoms with van der Waals surface area (Å²) in [5.74, 6) is 0.460. The van der Waals surface area contributed by atoms with E-state index >= 15 is 0 Å². The molecule has 0 radical (unpaired) electrons. The van der Waals surface area contributed by atoms with Crippen LogP contribution in [-0.2, 0) is 16.0 Å². The first-order valence-corrected chi connectivity index (χ1v) is 11.6. The van der Waals surface area contributed by atoms with Gasteiger partial charge in [0, 0.05) is 65.9 Å². The highest BCUT2D eigenvalue weighted by Crippen LogP contribution is 2.25. The Hall–Kier alpha value is -3.42. The van der Waals surface area contributed by atoms with Gasteiger partial charge in [-0.25, -0.2) is 9.97 Å². The predicted molar refractivity (Wildman–Crippen MR) is 135 cm³/mol. The monoisotopic (exact) mass is 495 g/mol. The number of amides is 2. The summed E-state index contributed by atoms with van der Waals surface area (Å²) in [6.07, 6.45) is 6.70. The average Bonchev–Trinajstić information content (AvgIpc) is 2.85. The van der Waals surface area contributed by atoms with Crippen molar-refractivity contribution in [2.75, 3.05) is 36.4 Å². The Kier molecular flexibility index (Phi) is 7.77. The van der Waals surface area contributed by atoms with Crippen LogP contribution >= 0.6 is 23.2 Å². The van der Waals surface area contributed by atoms with E-state index in [1.54, 1.807) is 54.9 Å². The molecule has 2 aromatic carbocycles. The molecular formula is C25H23Cl2N5O2. The zero-order valence-electron chi connectivity index (χ0n) is 18.3. The molecular weight excluding hydrogens is 473 g/mol. The SMILES string of the molecule is O=C(/C=C/c1c(Cl)cccc1Cl)Nc1ccc(CC(=O)N2CCN(c3ncccn3)CC2)cc1. The summed E-state index contributed by atoms with van der Waals surface area (Å²) in [5.41, 5.74) is 2.11. The number of piperazine rings is 1. The van der Waals surface area contributed by atoms with Crippen LogP contribution in [0.1, 0.15) is 11.1 Å². The van der Waals surface area contributed by atoms with E-state index in [9.17, 15) is 9.59 Å². The zero-order valence-corrected chi connectivity index (χ0v) is 19.8. The normalized spacial score (nSPS) is 13.8. The summed E-state index contributed by atoms with van der Waals surface area (Å²) in [7, 11) is 0. The molecule has 2 heterocycles. The van der Waals surface area contributed by atoms with Gasteiger partial charge in [-0.2, -0.15) is 0 Å². The third kappa shape index (κ3) is 6.12. The summed E-state index contributed by atoms with van der Waals surface area (Å²) in [6, 6.07) is 14.2. The zero-order chi connectivity index (χ0) is 23.9. The molecule has 9 heteroatoms. The van der Waals surface area contributed by atoms with E-state index in [0.717, 1.165) is 5.56 Å². The van der Waals surface area contributed by atoms with E-state index in [4.69, 9.17) is 23.2 Å². The van der Waals surface area contributed by atoms with Gasteiger partial charge in [-0.1, -0.05) is 41.4 Å². The van der Waals surface area contributed by atoms with Gasteiger partial charge in [0.2, 0.25) is 17.8 Å². The van der Waals surface area contributed by atoms with Crippen molar-refractivity contribution in [3.8, 4) is 0 Å². The fraction of sp³-hybridized carbons (Fsp3) is 0.200. The largest absolute Gasteiger partial charge is 0.339 e. The molecule has 0 unspecified atom stereocenters. The number of anilines is 2. The van der Waals surface area contributed by atoms with Crippen LogP contribution in [0.5, 0.6) is 0 Å². The number of aromatic nitrogens is 2. The average molecular weight is 496 g/mol. The van der Waals surface area contributed by atoms with Crippen molar-refractivity contribution in [2.24, 2.45) is 0 Å². The van der Waals surface area contributed by atoms with Gasteiger partial charge in [-0.05, 0) is 42.0 Å². The van der Waals surface area contributed by atoms with E-state index in [2.05, 4.69) is 20.2 Å². The number of hydrogen-bond donors (Lipinski definition) is 1. The number of carbonyl (C=O) groups is 2. The number of nitrogens with one attached hydrogen (secondary N) is 1. The lowest BCUT2D eigenvalue weighted by molar-refractivity contribution is -0.130. The van der Waals surface area contributed by atoms with Gasteiger partial charge in [0.25, 0.3) is 0 Å². The van der Waals surface area contributed by atoms with Crippen molar-refractivity contribution in [2.45, 2.75) is 6.42 Å². The first-order chi connectivity index (χ1) is 16.5. The van der Waals surface area contributed by atoms with E-state index < -0.39 is 0 Å². The highest BCUT2D eigenvalue weighted by atomic mass is 35.5. The van der Waals surface area contributed by atoms with Crippen LogP contribution in [0.3, 0.4) is 0 Å². The minimum absolute atomic E-state index is 0.0740. The van der Waals surface area contributed by atoms with Gasteiger partial charge in [0.1, 0.15) is 0 Å². The van der Waals surface area contributed by atoms with Crippen LogP contribution in [0, 0.1) is 0 Å². The molecule has 4 rings (SSSR count). The van der Waals surface area contributed by atoms with E-state index in [1.165, 1.54) is 6.08 Å². The highest BCUT2D eigenvalue weighted by Gasteiger charge is 2.22. The van der Waals surface area contributed by atoms with Gasteiger partial charge in [-0.3, -0.25) is 9.59 Å². The number of benzene rings is 2. The molecule has 1 N–H and O–H groups in total. The standard InChI is InChI=1S/C25H23Cl2N5O2/c26-21-3-1-4-22(27)20(21)9-10-23(33)30-19-7-5-18(6-8-19)17-24(34)31-13-15-32(16-14-31)25-28-11-2-12-29-25/h1-12H,13-17H2,(H,30,33)/b10-9+. The second-order valence-corrected chi connectivity index (χ2v) is 8.56. The summed E-state index contributed by atoms with van der Waals surface area (Å²) in [6.45, 7) is 2.67. The maximum absolute atomic E-state index is 12.7. The Balaban J connectivity index is 1.27. The molecule has 0 bridgehead atoms. The fourth-order valence-corrected chi connectivity index (χ4v) is 4.14. The summed E-state index contributed by atoms with van der Waals surface area (Å²) in [5, 5.41) is 3.74. The van der Waals surface area contributed by atoms with Gasteiger partial charge in [0.05, 0.1) is 6.42 Å². The van der Waals surface area contributed by atoms with Crippen LogP contribution in [0.25, 0.3) is 6.08 Å². The topological polar surface area (TPSA) is 78.4 Å². The minimum atomic E-state index is -0.305. The molecule has 7 nitrogen and oxygen atoms in total. The van der Waals surface area contributed by atoms with E-state index in [-0.39, 0.29) is 11.8 Å². The summed E-state index contributed by atoms with van der Waals surface area (Å²) < 4.78 is 0. The summed E-state index contributed by atoms with van der Waals surface area (Å²) in [4.78, 5) is 37.5. The van der Waals surface area contributed by atoms with Crippen molar-refractivity contribution in [1.82, 2.24) is 14.9 Å². The summed E-state index contributed by atoms with van der Waals surface area (Å²) >= 11 is 12.2. The molecule has 0 spiro atoms. The molecule has 34 heavy (non-hydrogen) atoms. The van der Waals surface area contributed by atoms with Crippen molar-refractivity contribution >= 4 is 52.7 Å². The van der Waals surface area contributed by atoms with Gasteiger partial charge < -0.3 is 15.1 Å². The number of hydrogen-bond acceptors (Lipinski definition) is 5. The Morgan fingerprint density at radius 2 is 1.56 bits per heavy atom. The predicted octanol–water partition coefficient (Wildman–Crippen LogP) is 4.33. The molecule has 3 aromatic rings. The van der Waals surface area contributed by atoms with Crippen molar-refractivity contribution in [3.05, 3.63) is 88.2 Å². The van der Waals surface area contributed by atoms with Crippen LogP contribution in [0.4, 0.5) is 11.6 Å². The minimum Gasteiger partial charge on any atom is -0.339 e. The van der Waals surface area contributed by atoms with Crippen molar-refractivity contribution in [1.29, 1.82) is 0 Å². The highest BCUT2D eigenvalue weighted by molar-refractivity contribution is 6.37. The maximum Gasteiger partial charge on any atom is 0.248 e. The van der Waals surface area contributed by atoms with Gasteiger partial charge in [0.15, 0.2) is 0 Å². The molecule has 1 fully saturated rings. The molecule has 1 aliphatic heterocycles. The molecule has 1 aromatic heterocycles. The fourth-order valence-electron chi connectivity index (χ4n) is 3.62. The molecule has 1 aliphatic rings. The molecule has 1 saturated heterocycles. The molecule has 0 aliphatic carbocycles.